The molecule has 0 unspecified atom stereocenters. The van der Waals surface area contributed by atoms with E-state index in [0.29, 0.717) is 0 Å². The van der Waals surface area contributed by atoms with Crippen LogP contribution < -0.4 is 4.74 Å². The van der Waals surface area contributed by atoms with Crippen molar-refractivity contribution in [2.24, 2.45) is 5.10 Å². The Bertz CT molecular complexity index is 947. The average molecular weight is 360 g/mol. The van der Waals surface area contributed by atoms with E-state index in [-0.39, 0.29) is 12.3 Å². The van der Waals surface area contributed by atoms with Crippen LogP contribution in [0.5, 0.6) is 5.75 Å². The van der Waals surface area contributed by atoms with E-state index in [1.54, 1.807) is 11.3 Å². The lowest BCUT2D eigenvalue weighted by molar-refractivity contribution is -0.0190. The van der Waals surface area contributed by atoms with Gasteiger partial charge in [-0.05, 0) is 29.5 Å². The van der Waals surface area contributed by atoms with E-state index in [2.05, 4.69) is 71.9 Å². The molecule has 0 amide bonds. The molecule has 2 atom stereocenters. The summed E-state index contributed by atoms with van der Waals surface area (Å²) in [6, 6.07) is 21.6. The maximum absolute atomic E-state index is 6.39. The first-order valence-electron chi connectivity index (χ1n) is 9.07. The van der Waals surface area contributed by atoms with Crippen molar-refractivity contribution in [3.63, 3.8) is 0 Å². The van der Waals surface area contributed by atoms with Crippen molar-refractivity contribution >= 4 is 17.0 Å². The molecule has 3 heterocycles. The zero-order valence-electron chi connectivity index (χ0n) is 14.6. The van der Waals surface area contributed by atoms with E-state index in [1.165, 1.54) is 16.0 Å². The minimum atomic E-state index is -0.182. The molecule has 0 saturated heterocycles. The van der Waals surface area contributed by atoms with Crippen molar-refractivity contribution in [2.75, 3.05) is 0 Å². The van der Waals surface area contributed by atoms with E-state index >= 15 is 0 Å². The van der Waals surface area contributed by atoms with Gasteiger partial charge in [-0.1, -0.05) is 55.5 Å². The average Bonchev–Trinajstić information content (AvgIpc) is 3.37. The molecule has 0 saturated carbocycles. The van der Waals surface area contributed by atoms with Crippen LogP contribution in [0.2, 0.25) is 0 Å². The summed E-state index contributed by atoms with van der Waals surface area (Å²) < 4.78 is 6.39. The SMILES string of the molecule is CCc1ccc([C@H]2Oc3ccccc3[C@H]3CC(c4cccs4)=NN32)cc1. The molecule has 4 heteroatoms. The van der Waals surface area contributed by atoms with Crippen LogP contribution >= 0.6 is 11.3 Å². The number of nitrogens with zero attached hydrogens (tertiary/aromatic N) is 2. The first-order valence-corrected chi connectivity index (χ1v) is 9.95. The van der Waals surface area contributed by atoms with E-state index in [9.17, 15) is 0 Å². The quantitative estimate of drug-likeness (QED) is 0.611. The highest BCUT2D eigenvalue weighted by Gasteiger charge is 2.40. The molecule has 2 aliphatic rings. The van der Waals surface area contributed by atoms with Crippen LogP contribution in [0.1, 0.15) is 47.2 Å². The Morgan fingerprint density at radius 3 is 2.69 bits per heavy atom. The van der Waals surface area contributed by atoms with Gasteiger partial charge < -0.3 is 4.74 Å². The number of hydrogen-bond donors (Lipinski definition) is 0. The van der Waals surface area contributed by atoms with Crippen molar-refractivity contribution in [3.05, 3.63) is 87.6 Å². The smallest absolute Gasteiger partial charge is 0.213 e. The topological polar surface area (TPSA) is 24.8 Å². The number of benzene rings is 2. The van der Waals surface area contributed by atoms with Gasteiger partial charge in [-0.3, -0.25) is 0 Å². The summed E-state index contributed by atoms with van der Waals surface area (Å²) in [7, 11) is 0. The number of hydrazone groups is 1. The van der Waals surface area contributed by atoms with Gasteiger partial charge in [0.25, 0.3) is 0 Å². The van der Waals surface area contributed by atoms with Gasteiger partial charge in [0.15, 0.2) is 0 Å². The van der Waals surface area contributed by atoms with Crippen LogP contribution in [-0.2, 0) is 6.42 Å². The molecule has 0 aliphatic carbocycles. The van der Waals surface area contributed by atoms with Crippen LogP contribution in [0, 0.1) is 0 Å². The van der Waals surface area contributed by atoms with Gasteiger partial charge in [0.05, 0.1) is 16.6 Å². The molecule has 0 N–H and O–H groups in total. The van der Waals surface area contributed by atoms with E-state index in [0.717, 1.165) is 29.9 Å². The summed E-state index contributed by atoms with van der Waals surface area (Å²) in [5.41, 5.74) is 4.87. The molecule has 130 valence electrons. The first kappa shape index (κ1) is 15.6. The molecule has 0 radical (unpaired) electrons. The summed E-state index contributed by atoms with van der Waals surface area (Å²) >= 11 is 1.75. The number of aryl methyl sites for hydroxylation is 1. The highest BCUT2D eigenvalue weighted by molar-refractivity contribution is 7.12. The lowest BCUT2D eigenvalue weighted by Crippen LogP contribution is -2.33. The highest BCUT2D eigenvalue weighted by atomic mass is 32.1. The number of hydrogen-bond acceptors (Lipinski definition) is 4. The van der Waals surface area contributed by atoms with Crippen LogP contribution in [-0.4, -0.2) is 10.7 Å². The molecule has 0 bridgehead atoms. The molecule has 2 aromatic carbocycles. The Labute approximate surface area is 157 Å². The zero-order valence-corrected chi connectivity index (χ0v) is 15.4. The molecular weight excluding hydrogens is 340 g/mol. The molecule has 1 aromatic heterocycles. The minimum absolute atomic E-state index is 0.182. The van der Waals surface area contributed by atoms with Crippen molar-refractivity contribution in [3.8, 4) is 5.75 Å². The van der Waals surface area contributed by atoms with Crippen molar-refractivity contribution in [1.82, 2.24) is 5.01 Å². The standard InChI is InChI=1S/C22H20N2OS/c1-2-15-9-11-16(12-10-15)22-24-19(17-6-3-4-7-20(17)25-22)14-18(23-24)21-8-5-13-26-21/h3-13,19,22H,2,14H2,1H3/t19-,22-/m1/s1. The minimum Gasteiger partial charge on any atom is -0.464 e. The summed E-state index contributed by atoms with van der Waals surface area (Å²) in [5.74, 6) is 0.973. The Kier molecular flexibility index (Phi) is 3.79. The third-order valence-electron chi connectivity index (χ3n) is 5.18. The van der Waals surface area contributed by atoms with Crippen LogP contribution in [0.15, 0.2) is 71.1 Å². The molecule has 0 fully saturated rings. The van der Waals surface area contributed by atoms with Crippen molar-refractivity contribution < 1.29 is 4.74 Å². The summed E-state index contributed by atoms with van der Waals surface area (Å²) in [5, 5.41) is 9.25. The summed E-state index contributed by atoms with van der Waals surface area (Å²) in [4.78, 5) is 1.25. The predicted molar refractivity (Wildman–Crippen MR) is 106 cm³/mol. The molecule has 3 nitrogen and oxygen atoms in total. The predicted octanol–water partition coefficient (Wildman–Crippen LogP) is 5.55. The fourth-order valence-corrected chi connectivity index (χ4v) is 4.48. The van der Waals surface area contributed by atoms with E-state index in [1.807, 2.05) is 6.07 Å². The molecular formula is C22H20N2OS. The molecule has 0 spiro atoms. The Morgan fingerprint density at radius 1 is 1.08 bits per heavy atom. The van der Waals surface area contributed by atoms with E-state index < -0.39 is 0 Å². The number of para-hydroxylation sites is 1. The normalized spacial score (nSPS) is 21.0. The van der Waals surface area contributed by atoms with Crippen LogP contribution in [0.4, 0.5) is 0 Å². The van der Waals surface area contributed by atoms with Gasteiger partial charge in [0.1, 0.15) is 5.75 Å². The van der Waals surface area contributed by atoms with Crippen molar-refractivity contribution in [1.29, 1.82) is 0 Å². The third kappa shape index (κ3) is 2.53. The lowest BCUT2D eigenvalue weighted by Gasteiger charge is -2.38. The number of thiophene rings is 1. The third-order valence-corrected chi connectivity index (χ3v) is 6.10. The zero-order chi connectivity index (χ0) is 17.5. The number of ether oxygens (including phenoxy) is 1. The van der Waals surface area contributed by atoms with Crippen molar-refractivity contribution in [2.45, 2.75) is 32.0 Å². The summed E-state index contributed by atoms with van der Waals surface area (Å²) in [6.07, 6.45) is 1.78. The number of rotatable bonds is 3. The van der Waals surface area contributed by atoms with Gasteiger partial charge in [0.2, 0.25) is 6.23 Å². The van der Waals surface area contributed by atoms with Gasteiger partial charge in [-0.15, -0.1) is 11.3 Å². The largest absolute Gasteiger partial charge is 0.464 e. The van der Waals surface area contributed by atoms with Crippen LogP contribution in [0.25, 0.3) is 0 Å². The number of fused-ring (bicyclic) bond motifs is 3. The fourth-order valence-electron chi connectivity index (χ4n) is 3.76. The van der Waals surface area contributed by atoms with E-state index in [4.69, 9.17) is 9.84 Å². The monoisotopic (exact) mass is 360 g/mol. The molecule has 5 rings (SSSR count). The Morgan fingerprint density at radius 2 is 1.92 bits per heavy atom. The maximum Gasteiger partial charge on any atom is 0.213 e. The van der Waals surface area contributed by atoms with Gasteiger partial charge in [-0.2, -0.15) is 5.10 Å². The van der Waals surface area contributed by atoms with Gasteiger partial charge >= 0.3 is 0 Å². The second-order valence-electron chi connectivity index (χ2n) is 6.73. The first-order chi connectivity index (χ1) is 12.8. The Hall–Kier alpha value is -2.59. The van der Waals surface area contributed by atoms with Crippen LogP contribution in [0.3, 0.4) is 0 Å². The van der Waals surface area contributed by atoms with Gasteiger partial charge in [-0.25, -0.2) is 5.01 Å². The fraction of sp³-hybridized carbons (Fsp3) is 0.227. The Balaban J connectivity index is 1.58. The highest BCUT2D eigenvalue weighted by Crippen LogP contribution is 2.47. The van der Waals surface area contributed by atoms with Gasteiger partial charge in [0, 0.05) is 17.5 Å². The molecule has 26 heavy (non-hydrogen) atoms. The second kappa shape index (κ2) is 6.29. The maximum atomic E-state index is 6.39. The summed E-state index contributed by atoms with van der Waals surface area (Å²) in [6.45, 7) is 2.18. The molecule has 2 aliphatic heterocycles. The molecule has 3 aromatic rings. The second-order valence-corrected chi connectivity index (χ2v) is 7.67. The lowest BCUT2D eigenvalue weighted by atomic mass is 9.97.